The molecule has 1 aliphatic carbocycles. The van der Waals surface area contributed by atoms with Crippen molar-refractivity contribution in [1.29, 1.82) is 0 Å². The second kappa shape index (κ2) is 3.69. The molecule has 1 saturated carbocycles. The summed E-state index contributed by atoms with van der Waals surface area (Å²) in [6.07, 6.45) is 4.00. The molecule has 0 unspecified atom stereocenters. The summed E-state index contributed by atoms with van der Waals surface area (Å²) in [4.78, 5) is 17.4. The van der Waals surface area contributed by atoms with Crippen molar-refractivity contribution in [2.75, 3.05) is 11.4 Å². The smallest absolute Gasteiger partial charge is 0.326 e. The normalized spacial score (nSPS) is 25.0. The Morgan fingerprint density at radius 3 is 2.94 bits per heavy atom. The molecule has 0 spiro atoms. The number of rotatable bonds is 3. The standard InChI is InChI=1S/C10H13N3O2S/c14-9(15)7-2-1-5-13(7)10-11-8(12-16-10)6-3-4-6/h6-7H,1-5H2,(H,14,15)/t7-/m0/s1. The van der Waals surface area contributed by atoms with Crippen LogP contribution in [-0.2, 0) is 4.79 Å². The van der Waals surface area contributed by atoms with Gasteiger partial charge in [0.25, 0.3) is 0 Å². The van der Waals surface area contributed by atoms with E-state index >= 15 is 0 Å². The van der Waals surface area contributed by atoms with Crippen molar-refractivity contribution in [3.8, 4) is 0 Å². The average molecular weight is 239 g/mol. The predicted molar refractivity (Wildman–Crippen MR) is 59.9 cm³/mol. The fourth-order valence-corrected chi connectivity index (χ4v) is 2.93. The number of aliphatic carboxylic acids is 1. The van der Waals surface area contributed by atoms with Crippen molar-refractivity contribution in [2.45, 2.75) is 37.6 Å². The molecule has 1 saturated heterocycles. The third kappa shape index (κ3) is 1.67. The van der Waals surface area contributed by atoms with Gasteiger partial charge < -0.3 is 10.0 Å². The summed E-state index contributed by atoms with van der Waals surface area (Å²) >= 11 is 1.34. The molecule has 1 atom stereocenters. The first-order chi connectivity index (χ1) is 7.75. The van der Waals surface area contributed by atoms with E-state index in [0.29, 0.717) is 12.3 Å². The van der Waals surface area contributed by atoms with Gasteiger partial charge in [-0.25, -0.2) is 9.78 Å². The molecule has 0 radical (unpaired) electrons. The van der Waals surface area contributed by atoms with Crippen LogP contribution in [0.2, 0.25) is 0 Å². The predicted octanol–water partition coefficient (Wildman–Crippen LogP) is 1.47. The average Bonchev–Trinajstić information content (AvgIpc) is 2.83. The van der Waals surface area contributed by atoms with E-state index in [-0.39, 0.29) is 0 Å². The Labute approximate surface area is 97.3 Å². The van der Waals surface area contributed by atoms with Gasteiger partial charge in [0.1, 0.15) is 11.9 Å². The van der Waals surface area contributed by atoms with Gasteiger partial charge in [-0.1, -0.05) is 0 Å². The summed E-state index contributed by atoms with van der Waals surface area (Å²) < 4.78 is 4.31. The molecule has 2 heterocycles. The molecule has 0 amide bonds. The molecule has 6 heteroatoms. The lowest BCUT2D eigenvalue weighted by Crippen LogP contribution is -2.35. The lowest BCUT2D eigenvalue weighted by atomic mass is 10.2. The van der Waals surface area contributed by atoms with E-state index in [2.05, 4.69) is 9.36 Å². The number of hydrogen-bond donors (Lipinski definition) is 1. The Hall–Kier alpha value is -1.17. The van der Waals surface area contributed by atoms with Crippen molar-refractivity contribution >= 4 is 22.6 Å². The minimum absolute atomic E-state index is 0.403. The van der Waals surface area contributed by atoms with Gasteiger partial charge in [-0.15, -0.1) is 0 Å². The van der Waals surface area contributed by atoms with Gasteiger partial charge in [-0.05, 0) is 25.7 Å². The molecule has 0 bridgehead atoms. The first kappa shape index (κ1) is 10.0. The van der Waals surface area contributed by atoms with Gasteiger partial charge in [-0.2, -0.15) is 4.37 Å². The van der Waals surface area contributed by atoms with Crippen LogP contribution in [0.5, 0.6) is 0 Å². The van der Waals surface area contributed by atoms with Gasteiger partial charge in [0.15, 0.2) is 0 Å². The monoisotopic (exact) mass is 239 g/mol. The fourth-order valence-electron chi connectivity index (χ4n) is 2.10. The van der Waals surface area contributed by atoms with Crippen molar-refractivity contribution in [1.82, 2.24) is 9.36 Å². The van der Waals surface area contributed by atoms with Crippen molar-refractivity contribution in [2.24, 2.45) is 0 Å². The van der Waals surface area contributed by atoms with Crippen molar-refractivity contribution in [3.63, 3.8) is 0 Å². The quantitative estimate of drug-likeness (QED) is 0.865. The van der Waals surface area contributed by atoms with E-state index in [0.717, 1.165) is 23.9 Å². The van der Waals surface area contributed by atoms with Crippen molar-refractivity contribution in [3.05, 3.63) is 5.82 Å². The highest BCUT2D eigenvalue weighted by Crippen LogP contribution is 2.40. The van der Waals surface area contributed by atoms with Crippen LogP contribution in [0.4, 0.5) is 5.13 Å². The highest BCUT2D eigenvalue weighted by Gasteiger charge is 2.34. The molecule has 16 heavy (non-hydrogen) atoms. The molecule has 86 valence electrons. The van der Waals surface area contributed by atoms with E-state index in [4.69, 9.17) is 5.11 Å². The summed E-state index contributed by atoms with van der Waals surface area (Å²) in [5, 5.41) is 9.87. The molecule has 1 aromatic rings. The molecule has 1 aromatic heterocycles. The number of anilines is 1. The van der Waals surface area contributed by atoms with Crippen LogP contribution in [0.15, 0.2) is 0 Å². The fraction of sp³-hybridized carbons (Fsp3) is 0.700. The number of nitrogens with zero attached hydrogens (tertiary/aromatic N) is 3. The topological polar surface area (TPSA) is 66.3 Å². The largest absolute Gasteiger partial charge is 0.480 e. The van der Waals surface area contributed by atoms with Gasteiger partial charge >= 0.3 is 5.97 Å². The number of carbonyl (C=O) groups is 1. The van der Waals surface area contributed by atoms with Crippen LogP contribution in [0.3, 0.4) is 0 Å². The Morgan fingerprint density at radius 2 is 2.25 bits per heavy atom. The third-order valence-electron chi connectivity index (χ3n) is 3.16. The van der Waals surface area contributed by atoms with Crippen LogP contribution in [0.25, 0.3) is 0 Å². The first-order valence-electron chi connectivity index (χ1n) is 5.59. The molecule has 1 aliphatic heterocycles. The Morgan fingerprint density at radius 1 is 1.44 bits per heavy atom. The van der Waals surface area contributed by atoms with Crippen LogP contribution in [-0.4, -0.2) is 33.0 Å². The number of carboxylic acids is 1. The maximum Gasteiger partial charge on any atom is 0.326 e. The molecule has 2 aliphatic rings. The van der Waals surface area contributed by atoms with E-state index in [1.807, 2.05) is 4.90 Å². The maximum absolute atomic E-state index is 11.1. The van der Waals surface area contributed by atoms with E-state index < -0.39 is 12.0 Å². The van der Waals surface area contributed by atoms with E-state index in [1.165, 1.54) is 24.4 Å². The van der Waals surface area contributed by atoms with Crippen LogP contribution >= 0.6 is 11.5 Å². The number of hydrogen-bond acceptors (Lipinski definition) is 5. The first-order valence-corrected chi connectivity index (χ1v) is 6.36. The molecular formula is C10H13N3O2S. The Kier molecular flexibility index (Phi) is 2.31. The van der Waals surface area contributed by atoms with Crippen LogP contribution in [0.1, 0.15) is 37.4 Å². The molecule has 1 N–H and O–H groups in total. The summed E-state index contributed by atoms with van der Waals surface area (Å²) in [7, 11) is 0. The third-order valence-corrected chi connectivity index (χ3v) is 3.92. The lowest BCUT2D eigenvalue weighted by Gasteiger charge is -2.19. The second-order valence-corrected chi connectivity index (χ2v) is 5.13. The molecule has 5 nitrogen and oxygen atoms in total. The summed E-state index contributed by atoms with van der Waals surface area (Å²) in [5.41, 5.74) is 0. The maximum atomic E-state index is 11.1. The van der Waals surface area contributed by atoms with Crippen LogP contribution in [0, 0.1) is 0 Å². The minimum Gasteiger partial charge on any atom is -0.480 e. The zero-order chi connectivity index (χ0) is 11.1. The lowest BCUT2D eigenvalue weighted by molar-refractivity contribution is -0.138. The molecule has 0 aromatic carbocycles. The van der Waals surface area contributed by atoms with Gasteiger partial charge in [0, 0.05) is 24.0 Å². The zero-order valence-corrected chi connectivity index (χ0v) is 9.61. The van der Waals surface area contributed by atoms with E-state index in [1.54, 1.807) is 0 Å². The second-order valence-electron chi connectivity index (χ2n) is 4.40. The van der Waals surface area contributed by atoms with Gasteiger partial charge in [0.2, 0.25) is 5.13 Å². The molecule has 2 fully saturated rings. The SMILES string of the molecule is O=C(O)[C@@H]1CCCN1c1nc(C2CC2)ns1. The van der Waals surface area contributed by atoms with Crippen molar-refractivity contribution < 1.29 is 9.90 Å². The summed E-state index contributed by atoms with van der Waals surface area (Å²) in [5.74, 6) is 0.701. The summed E-state index contributed by atoms with van der Waals surface area (Å²) in [6.45, 7) is 0.788. The highest BCUT2D eigenvalue weighted by atomic mass is 32.1. The van der Waals surface area contributed by atoms with Gasteiger partial charge in [0.05, 0.1) is 0 Å². The van der Waals surface area contributed by atoms with Gasteiger partial charge in [-0.3, -0.25) is 0 Å². The number of aromatic nitrogens is 2. The highest BCUT2D eigenvalue weighted by molar-refractivity contribution is 7.09. The molecule has 3 rings (SSSR count). The Bertz CT molecular complexity index is 416. The summed E-state index contributed by atoms with van der Waals surface area (Å²) in [6, 6.07) is -0.403. The van der Waals surface area contributed by atoms with Crippen LogP contribution < -0.4 is 4.90 Å². The Balaban J connectivity index is 1.81. The zero-order valence-electron chi connectivity index (χ0n) is 8.80. The molecular weight excluding hydrogens is 226 g/mol. The minimum atomic E-state index is -0.749. The number of carboxylic acid groups (broad SMARTS) is 1. The van der Waals surface area contributed by atoms with E-state index in [9.17, 15) is 4.79 Å².